The van der Waals surface area contributed by atoms with Crippen molar-refractivity contribution in [3.8, 4) is 22.3 Å². The number of ketones is 1. The fraction of sp³-hybridized carbons (Fsp3) is 0.146. The zero-order valence-corrected chi connectivity index (χ0v) is 30.1. The van der Waals surface area contributed by atoms with Gasteiger partial charge in [0.1, 0.15) is 0 Å². The first kappa shape index (κ1) is 34.7. The average Bonchev–Trinajstić information content (AvgIpc) is 3.49. The molecule has 6 aromatic carbocycles. The standard InChI is InChI=1S/C39H34N2O2.C9H8N2/c40-24-28-11-3-5-13-31(28)33-15-7-8-16-35(33)39(43)41-29-20-17-26(18-21-29)38(42)36-23-27-10-2-4-12-30(27)34-22-19-25-9-1-6-14-32(25)37(34)36;1-2-5-9-8(4-1)10-6-3-7-11-9/h2-5,7-8,10-13,15-22,36H,1,6,9,14,23-24,40H2,(H,41,43);1-7,10H. The molecule has 1 unspecified atom stereocenters. The number of anilines is 2. The van der Waals surface area contributed by atoms with E-state index in [0.29, 0.717) is 29.8 Å². The number of nitrogens with two attached hydrogens (primary N) is 1. The van der Waals surface area contributed by atoms with E-state index in [1.807, 2.05) is 109 Å². The van der Waals surface area contributed by atoms with Crippen LogP contribution in [0.25, 0.3) is 22.3 Å². The number of carbonyl (C=O) groups is 2. The molecule has 0 aromatic heterocycles. The van der Waals surface area contributed by atoms with Gasteiger partial charge in [0.25, 0.3) is 5.91 Å². The van der Waals surface area contributed by atoms with Gasteiger partial charge in [-0.3, -0.25) is 14.6 Å². The normalized spacial score (nSPS) is 14.8. The van der Waals surface area contributed by atoms with Crippen molar-refractivity contribution in [2.24, 2.45) is 10.7 Å². The van der Waals surface area contributed by atoms with Crippen LogP contribution in [0, 0.1) is 0 Å². The molecule has 54 heavy (non-hydrogen) atoms. The van der Waals surface area contributed by atoms with E-state index in [4.69, 9.17) is 5.73 Å². The average molecular weight is 707 g/mol. The van der Waals surface area contributed by atoms with Crippen molar-refractivity contribution >= 4 is 35.0 Å². The number of carbonyl (C=O) groups excluding carboxylic acids is 2. The predicted octanol–water partition coefficient (Wildman–Crippen LogP) is 10.5. The molecule has 9 rings (SSSR count). The summed E-state index contributed by atoms with van der Waals surface area (Å²) in [6, 6.07) is 43.8. The van der Waals surface area contributed by atoms with E-state index in [2.05, 4.69) is 52.0 Å². The highest BCUT2D eigenvalue weighted by Gasteiger charge is 2.33. The molecular weight excluding hydrogens is 665 g/mol. The van der Waals surface area contributed by atoms with Gasteiger partial charge in [0, 0.05) is 35.8 Å². The van der Waals surface area contributed by atoms with Gasteiger partial charge < -0.3 is 16.4 Å². The summed E-state index contributed by atoms with van der Waals surface area (Å²) < 4.78 is 0. The molecule has 1 atom stereocenters. The fourth-order valence-electron chi connectivity index (χ4n) is 8.00. The molecule has 1 amide bonds. The molecule has 0 fully saturated rings. The number of rotatable bonds is 6. The van der Waals surface area contributed by atoms with Crippen molar-refractivity contribution in [3.63, 3.8) is 0 Å². The molecule has 0 radical (unpaired) electrons. The lowest BCUT2D eigenvalue weighted by Gasteiger charge is -2.32. The van der Waals surface area contributed by atoms with Gasteiger partial charge >= 0.3 is 0 Å². The maximum absolute atomic E-state index is 14.2. The van der Waals surface area contributed by atoms with Gasteiger partial charge in [-0.05, 0) is 131 Å². The van der Waals surface area contributed by atoms with E-state index in [-0.39, 0.29) is 17.6 Å². The summed E-state index contributed by atoms with van der Waals surface area (Å²) in [4.78, 5) is 31.8. The lowest BCUT2D eigenvalue weighted by molar-refractivity contribution is 0.0957. The molecule has 3 aliphatic rings. The van der Waals surface area contributed by atoms with E-state index in [1.54, 1.807) is 6.21 Å². The van der Waals surface area contributed by atoms with E-state index in [0.717, 1.165) is 40.9 Å². The number of amides is 1. The largest absolute Gasteiger partial charge is 0.360 e. The van der Waals surface area contributed by atoms with Gasteiger partial charge in [0.2, 0.25) is 0 Å². The second-order valence-electron chi connectivity index (χ2n) is 13.9. The quantitative estimate of drug-likeness (QED) is 0.150. The Morgan fingerprint density at radius 3 is 2.28 bits per heavy atom. The van der Waals surface area contributed by atoms with Gasteiger partial charge in [-0.2, -0.15) is 0 Å². The van der Waals surface area contributed by atoms with Gasteiger partial charge in [-0.15, -0.1) is 0 Å². The summed E-state index contributed by atoms with van der Waals surface area (Å²) in [6.45, 7) is 0.390. The Morgan fingerprint density at radius 1 is 0.704 bits per heavy atom. The van der Waals surface area contributed by atoms with Crippen molar-refractivity contribution in [1.82, 2.24) is 0 Å². The molecule has 6 heteroatoms. The maximum Gasteiger partial charge on any atom is 0.256 e. The molecule has 4 N–H and O–H groups in total. The second kappa shape index (κ2) is 15.7. The van der Waals surface area contributed by atoms with Crippen LogP contribution in [0.15, 0.2) is 151 Å². The summed E-state index contributed by atoms with van der Waals surface area (Å²) >= 11 is 0. The third kappa shape index (κ3) is 7.04. The summed E-state index contributed by atoms with van der Waals surface area (Å²) in [5, 5.41) is 6.16. The van der Waals surface area contributed by atoms with E-state index < -0.39 is 0 Å². The first-order valence-corrected chi connectivity index (χ1v) is 18.7. The van der Waals surface area contributed by atoms with Gasteiger partial charge in [-0.25, -0.2) is 0 Å². The van der Waals surface area contributed by atoms with Crippen LogP contribution < -0.4 is 16.4 Å². The number of aliphatic imine (C=N–C) groups is 1. The highest BCUT2D eigenvalue weighted by molar-refractivity contribution is 6.09. The summed E-state index contributed by atoms with van der Waals surface area (Å²) in [5.41, 5.74) is 20.4. The molecule has 0 saturated heterocycles. The maximum atomic E-state index is 14.2. The highest BCUT2D eigenvalue weighted by Crippen LogP contribution is 2.45. The van der Waals surface area contributed by atoms with E-state index in [1.165, 1.54) is 46.2 Å². The molecule has 6 nitrogen and oxygen atoms in total. The number of nitrogens with one attached hydrogen (secondary N) is 2. The van der Waals surface area contributed by atoms with E-state index in [9.17, 15) is 9.59 Å². The van der Waals surface area contributed by atoms with E-state index >= 15 is 0 Å². The van der Waals surface area contributed by atoms with Crippen LogP contribution in [0.3, 0.4) is 0 Å². The third-order valence-corrected chi connectivity index (χ3v) is 10.6. The van der Waals surface area contributed by atoms with Crippen LogP contribution in [-0.2, 0) is 25.8 Å². The Labute approximate surface area is 316 Å². The van der Waals surface area contributed by atoms with Gasteiger partial charge in [-0.1, -0.05) is 91.0 Å². The molecule has 1 heterocycles. The number of Topliss-reactive ketones (excluding diaryl/α,β-unsaturated/α-hetero) is 1. The number of hydrogen-bond acceptors (Lipinski definition) is 5. The zero-order valence-electron chi connectivity index (χ0n) is 30.1. The minimum Gasteiger partial charge on any atom is -0.360 e. The smallest absolute Gasteiger partial charge is 0.256 e. The van der Waals surface area contributed by atoms with Gasteiger partial charge in [0.05, 0.1) is 17.3 Å². The highest BCUT2D eigenvalue weighted by atomic mass is 16.1. The Kier molecular flexibility index (Phi) is 10.1. The number of nitrogens with zero attached hydrogens (tertiary/aromatic N) is 1. The fourth-order valence-corrected chi connectivity index (χ4v) is 8.00. The minimum absolute atomic E-state index is 0.136. The number of aryl methyl sites for hydroxylation is 1. The van der Waals surface area contributed by atoms with Crippen molar-refractivity contribution in [1.29, 1.82) is 0 Å². The first-order chi connectivity index (χ1) is 26.6. The number of allylic oxidation sites excluding steroid dienone is 1. The SMILES string of the molecule is C1=CNc2ccccc2N=C1.NCc1ccccc1-c1ccccc1C(=O)Nc1ccc(C(=O)C2Cc3ccccc3-c3ccc4c(c32)CCCC4)cc1. The third-order valence-electron chi connectivity index (χ3n) is 10.6. The van der Waals surface area contributed by atoms with Crippen molar-refractivity contribution in [2.45, 2.75) is 44.6 Å². The topological polar surface area (TPSA) is 96.6 Å². The summed E-state index contributed by atoms with van der Waals surface area (Å²) in [7, 11) is 0. The Hall–Kier alpha value is -6.37. The molecule has 1 aliphatic heterocycles. The zero-order chi connectivity index (χ0) is 36.9. The Bertz CT molecular complexity index is 2410. The van der Waals surface area contributed by atoms with Crippen molar-refractivity contribution in [3.05, 3.63) is 185 Å². The van der Waals surface area contributed by atoms with Crippen LogP contribution >= 0.6 is 0 Å². The van der Waals surface area contributed by atoms with Crippen LogP contribution in [0.4, 0.5) is 17.1 Å². The molecule has 266 valence electrons. The number of fused-ring (bicyclic) bond motifs is 6. The number of hydrogen-bond donors (Lipinski definition) is 3. The van der Waals surface area contributed by atoms with Crippen LogP contribution in [0.1, 0.15) is 67.3 Å². The number of para-hydroxylation sites is 2. The van der Waals surface area contributed by atoms with Crippen LogP contribution in [-0.4, -0.2) is 17.9 Å². The summed E-state index contributed by atoms with van der Waals surface area (Å²) in [5.74, 6) is -0.282. The molecule has 0 bridgehead atoms. The Morgan fingerprint density at radius 2 is 1.43 bits per heavy atom. The molecule has 6 aromatic rings. The lowest BCUT2D eigenvalue weighted by atomic mass is 9.71. The first-order valence-electron chi connectivity index (χ1n) is 18.7. The van der Waals surface area contributed by atoms with Gasteiger partial charge in [0.15, 0.2) is 5.78 Å². The molecule has 2 aliphatic carbocycles. The molecular formula is C48H42N4O2. The molecule has 0 saturated carbocycles. The number of benzene rings is 6. The predicted molar refractivity (Wildman–Crippen MR) is 221 cm³/mol. The summed E-state index contributed by atoms with van der Waals surface area (Å²) in [6.07, 6.45) is 10.7. The Balaban J connectivity index is 0.000000321. The lowest BCUT2D eigenvalue weighted by Crippen LogP contribution is -2.23. The second-order valence-corrected chi connectivity index (χ2v) is 13.9. The van der Waals surface area contributed by atoms with Crippen LogP contribution in [0.2, 0.25) is 0 Å². The van der Waals surface area contributed by atoms with Crippen molar-refractivity contribution < 1.29 is 9.59 Å². The monoisotopic (exact) mass is 706 g/mol. The minimum atomic E-state index is -0.215. The molecule has 0 spiro atoms. The van der Waals surface area contributed by atoms with Crippen molar-refractivity contribution in [2.75, 3.05) is 10.6 Å². The van der Waals surface area contributed by atoms with Crippen LogP contribution in [0.5, 0.6) is 0 Å².